The van der Waals surface area contributed by atoms with Crippen LogP contribution in [0.4, 0.5) is 0 Å². The molecular weight excluding hydrogens is 312 g/mol. The zero-order valence-electron chi connectivity index (χ0n) is 13.5. The zero-order chi connectivity index (χ0) is 16.4. The Balaban J connectivity index is 1.66. The van der Waals surface area contributed by atoms with Crippen LogP contribution in [0.5, 0.6) is 0 Å². The third kappa shape index (κ3) is 3.48. The number of sulfone groups is 1. The van der Waals surface area contributed by atoms with Crippen molar-refractivity contribution in [2.24, 2.45) is 0 Å². The van der Waals surface area contributed by atoms with Gasteiger partial charge in [0.05, 0.1) is 16.8 Å². The molecule has 2 aromatic rings. The van der Waals surface area contributed by atoms with Crippen LogP contribution in [-0.2, 0) is 22.7 Å². The molecule has 1 aliphatic carbocycles. The van der Waals surface area contributed by atoms with Crippen LogP contribution < -0.4 is 5.32 Å². The normalized spacial score (nSPS) is 19.3. The highest BCUT2D eigenvalue weighted by Crippen LogP contribution is 2.24. The molecular formula is C17H22N2O3S. The van der Waals surface area contributed by atoms with E-state index in [1.165, 1.54) is 5.56 Å². The van der Waals surface area contributed by atoms with Gasteiger partial charge in [0.15, 0.2) is 9.84 Å². The van der Waals surface area contributed by atoms with Gasteiger partial charge in [-0.1, -0.05) is 24.2 Å². The monoisotopic (exact) mass is 334 g/mol. The second-order valence-electron chi connectivity index (χ2n) is 6.07. The Labute approximate surface area is 137 Å². The Morgan fingerprint density at radius 2 is 2.09 bits per heavy atom. The Hall–Kier alpha value is -1.66. The van der Waals surface area contributed by atoms with Gasteiger partial charge in [0, 0.05) is 24.1 Å². The number of fused-ring (bicyclic) bond motifs is 1. The van der Waals surface area contributed by atoms with E-state index in [2.05, 4.69) is 17.4 Å². The summed E-state index contributed by atoms with van der Waals surface area (Å²) < 4.78 is 29.0. The summed E-state index contributed by atoms with van der Waals surface area (Å²) in [6.07, 6.45) is 4.70. The third-order valence-electron chi connectivity index (χ3n) is 4.53. The lowest BCUT2D eigenvalue weighted by Crippen LogP contribution is -2.35. The van der Waals surface area contributed by atoms with E-state index in [1.54, 1.807) is 19.1 Å². The molecule has 0 amide bonds. The topological polar surface area (TPSA) is 72.2 Å². The fourth-order valence-electron chi connectivity index (χ4n) is 3.03. The number of aromatic nitrogens is 1. The van der Waals surface area contributed by atoms with Gasteiger partial charge in [0.1, 0.15) is 5.76 Å². The molecule has 1 N–H and O–H groups in total. The lowest BCUT2D eigenvalue weighted by atomic mass is 9.93. The van der Waals surface area contributed by atoms with E-state index in [4.69, 9.17) is 4.52 Å². The molecule has 124 valence electrons. The van der Waals surface area contributed by atoms with E-state index in [-0.39, 0.29) is 11.8 Å². The van der Waals surface area contributed by atoms with Crippen molar-refractivity contribution in [2.45, 2.75) is 50.1 Å². The average molecular weight is 334 g/mol. The van der Waals surface area contributed by atoms with Gasteiger partial charge < -0.3 is 9.84 Å². The van der Waals surface area contributed by atoms with Gasteiger partial charge in [-0.2, -0.15) is 0 Å². The zero-order valence-corrected chi connectivity index (χ0v) is 14.3. The predicted octanol–water partition coefficient (Wildman–Crippen LogP) is 2.68. The third-order valence-corrected chi connectivity index (χ3v) is 6.28. The average Bonchev–Trinajstić information content (AvgIpc) is 3.02. The summed E-state index contributed by atoms with van der Waals surface area (Å²) in [4.78, 5) is 0.389. The van der Waals surface area contributed by atoms with Crippen LogP contribution in [0.25, 0.3) is 0 Å². The number of nitrogens with one attached hydrogen (secondary N) is 1. The smallest absolute Gasteiger partial charge is 0.178 e. The van der Waals surface area contributed by atoms with Crippen LogP contribution in [0.2, 0.25) is 0 Å². The maximum absolute atomic E-state index is 11.9. The van der Waals surface area contributed by atoms with Crippen LogP contribution in [0, 0.1) is 0 Å². The van der Waals surface area contributed by atoms with E-state index < -0.39 is 9.84 Å². The molecule has 1 heterocycles. The molecule has 5 nitrogen and oxygen atoms in total. The molecule has 0 bridgehead atoms. The maximum atomic E-state index is 11.9. The van der Waals surface area contributed by atoms with Gasteiger partial charge in [-0.25, -0.2) is 8.42 Å². The first-order valence-electron chi connectivity index (χ1n) is 8.01. The molecule has 3 rings (SSSR count). The highest BCUT2D eigenvalue weighted by atomic mass is 32.2. The first-order valence-corrected chi connectivity index (χ1v) is 9.66. The van der Waals surface area contributed by atoms with Crippen molar-refractivity contribution >= 4 is 9.84 Å². The van der Waals surface area contributed by atoms with Gasteiger partial charge in [-0.05, 0) is 37.5 Å². The van der Waals surface area contributed by atoms with Gasteiger partial charge in [-0.15, -0.1) is 0 Å². The summed E-state index contributed by atoms with van der Waals surface area (Å²) in [6.45, 7) is 3.76. The second-order valence-corrected chi connectivity index (χ2v) is 8.35. The van der Waals surface area contributed by atoms with Crippen LogP contribution in [0.1, 0.15) is 43.2 Å². The Kier molecular flexibility index (Phi) is 4.55. The molecule has 1 aromatic heterocycles. The highest BCUT2D eigenvalue weighted by Gasteiger charge is 2.23. The van der Waals surface area contributed by atoms with Crippen molar-refractivity contribution < 1.29 is 12.9 Å². The molecule has 23 heavy (non-hydrogen) atoms. The van der Waals surface area contributed by atoms with Crippen molar-refractivity contribution in [1.82, 2.24) is 10.5 Å². The highest BCUT2D eigenvalue weighted by molar-refractivity contribution is 7.91. The maximum Gasteiger partial charge on any atom is 0.178 e. The van der Waals surface area contributed by atoms with Crippen LogP contribution in [0.15, 0.2) is 39.9 Å². The summed E-state index contributed by atoms with van der Waals surface area (Å²) in [5.41, 5.74) is 2.30. The lowest BCUT2D eigenvalue weighted by Gasteiger charge is -2.26. The molecule has 0 fully saturated rings. The van der Waals surface area contributed by atoms with Crippen molar-refractivity contribution in [1.29, 1.82) is 0 Å². The van der Waals surface area contributed by atoms with Gasteiger partial charge in [0.2, 0.25) is 0 Å². The molecule has 0 radical (unpaired) electrons. The SMILES string of the molecule is CCS(=O)(=O)c1ccc(C(C)NC2CCc3cnoc3C2)cc1. The first kappa shape index (κ1) is 16.2. The van der Waals surface area contributed by atoms with E-state index in [1.807, 2.05) is 18.3 Å². The minimum atomic E-state index is -3.13. The summed E-state index contributed by atoms with van der Waals surface area (Å²) in [7, 11) is -3.13. The molecule has 2 atom stereocenters. The number of rotatable bonds is 5. The summed E-state index contributed by atoms with van der Waals surface area (Å²) >= 11 is 0. The minimum Gasteiger partial charge on any atom is -0.361 e. The molecule has 0 saturated heterocycles. The van der Waals surface area contributed by atoms with E-state index >= 15 is 0 Å². The predicted molar refractivity (Wildman–Crippen MR) is 88.0 cm³/mol. The minimum absolute atomic E-state index is 0.127. The molecule has 1 aromatic carbocycles. The quantitative estimate of drug-likeness (QED) is 0.910. The standard InChI is InChI=1S/C17H22N2O3S/c1-3-23(20,21)16-8-5-13(6-9-16)12(2)19-15-7-4-14-11-18-22-17(14)10-15/h5-6,8-9,11-12,15,19H,3-4,7,10H2,1-2H3. The number of nitrogens with zero attached hydrogens (tertiary/aromatic N) is 1. The number of hydrogen-bond acceptors (Lipinski definition) is 5. The second kappa shape index (κ2) is 6.45. The molecule has 6 heteroatoms. The number of benzene rings is 1. The fraction of sp³-hybridized carbons (Fsp3) is 0.471. The molecule has 0 saturated carbocycles. The number of hydrogen-bond donors (Lipinski definition) is 1. The molecule has 0 spiro atoms. The fourth-order valence-corrected chi connectivity index (χ4v) is 3.92. The van der Waals surface area contributed by atoms with Crippen LogP contribution >= 0.6 is 0 Å². The summed E-state index contributed by atoms with van der Waals surface area (Å²) in [5.74, 6) is 1.10. The van der Waals surface area contributed by atoms with Gasteiger partial charge in [-0.3, -0.25) is 0 Å². The molecule has 2 unspecified atom stereocenters. The summed E-state index contributed by atoms with van der Waals surface area (Å²) in [5, 5.41) is 7.46. The van der Waals surface area contributed by atoms with Crippen molar-refractivity contribution in [3.63, 3.8) is 0 Å². The van der Waals surface area contributed by atoms with E-state index in [9.17, 15) is 8.42 Å². The lowest BCUT2D eigenvalue weighted by molar-refractivity contribution is 0.333. The number of aryl methyl sites for hydroxylation is 1. The van der Waals surface area contributed by atoms with Crippen molar-refractivity contribution in [3.8, 4) is 0 Å². The molecule has 0 aliphatic heterocycles. The van der Waals surface area contributed by atoms with Crippen LogP contribution in [-0.4, -0.2) is 25.4 Å². The van der Waals surface area contributed by atoms with E-state index in [0.29, 0.717) is 10.9 Å². The largest absolute Gasteiger partial charge is 0.361 e. The van der Waals surface area contributed by atoms with Crippen molar-refractivity contribution in [3.05, 3.63) is 47.3 Å². The van der Waals surface area contributed by atoms with E-state index in [0.717, 1.165) is 30.6 Å². The summed E-state index contributed by atoms with van der Waals surface area (Å²) in [6, 6.07) is 7.68. The molecule has 1 aliphatic rings. The Morgan fingerprint density at radius 3 is 2.78 bits per heavy atom. The van der Waals surface area contributed by atoms with Crippen molar-refractivity contribution in [2.75, 3.05) is 5.75 Å². The van der Waals surface area contributed by atoms with Gasteiger partial charge in [0.25, 0.3) is 0 Å². The first-order chi connectivity index (χ1) is 11.0. The van der Waals surface area contributed by atoms with Crippen LogP contribution in [0.3, 0.4) is 0 Å². The Morgan fingerprint density at radius 1 is 1.35 bits per heavy atom. The Bertz CT molecular complexity index is 765. The van der Waals surface area contributed by atoms with Gasteiger partial charge >= 0.3 is 0 Å².